The van der Waals surface area contributed by atoms with Crippen LogP contribution in [-0.4, -0.2) is 32.3 Å². The van der Waals surface area contributed by atoms with Crippen LogP contribution in [0.4, 0.5) is 0 Å². The summed E-state index contributed by atoms with van der Waals surface area (Å²) in [6, 6.07) is 1.97. The monoisotopic (exact) mass is 366 g/mol. The summed E-state index contributed by atoms with van der Waals surface area (Å²) in [6.07, 6.45) is 5.43. The number of amides is 1. The van der Waals surface area contributed by atoms with Gasteiger partial charge in [0.1, 0.15) is 17.1 Å². The highest BCUT2D eigenvalue weighted by atomic mass is 79.9. The van der Waals surface area contributed by atoms with Gasteiger partial charge in [0.15, 0.2) is 0 Å². The molecular weight excluding hydrogens is 348 g/mol. The van der Waals surface area contributed by atoms with Crippen molar-refractivity contribution in [1.29, 1.82) is 0 Å². The maximum Gasteiger partial charge on any atom is 0.273 e. The maximum absolute atomic E-state index is 12.8. The fourth-order valence-corrected chi connectivity index (χ4v) is 3.47. The minimum absolute atomic E-state index is 0.0105. The van der Waals surface area contributed by atoms with Gasteiger partial charge in [-0.1, -0.05) is 12.1 Å². The van der Waals surface area contributed by atoms with Crippen molar-refractivity contribution in [2.75, 3.05) is 6.54 Å². The van der Waals surface area contributed by atoms with E-state index in [0.717, 1.165) is 48.2 Å². The van der Waals surface area contributed by atoms with Crippen LogP contribution < -0.4 is 0 Å². The molecule has 0 radical (unpaired) electrons. The summed E-state index contributed by atoms with van der Waals surface area (Å²) in [4.78, 5) is 14.7. The third kappa shape index (κ3) is 2.69. The molecule has 1 fully saturated rings. The van der Waals surface area contributed by atoms with E-state index in [1.807, 2.05) is 11.0 Å². The third-order valence-electron chi connectivity index (χ3n) is 4.03. The van der Waals surface area contributed by atoms with Crippen molar-refractivity contribution < 1.29 is 9.32 Å². The summed E-state index contributed by atoms with van der Waals surface area (Å²) < 4.78 is 7.69. The second-order valence-corrected chi connectivity index (χ2v) is 6.44. The molecule has 118 valence electrons. The Labute approximate surface area is 137 Å². The molecule has 22 heavy (non-hydrogen) atoms. The number of halogens is 1. The van der Waals surface area contributed by atoms with Crippen LogP contribution in [-0.2, 0) is 13.5 Å². The lowest BCUT2D eigenvalue weighted by Crippen LogP contribution is -2.32. The van der Waals surface area contributed by atoms with Gasteiger partial charge in [-0.15, -0.1) is 0 Å². The summed E-state index contributed by atoms with van der Waals surface area (Å²) in [5.41, 5.74) is 1.43. The second-order valence-electron chi connectivity index (χ2n) is 5.59. The second kappa shape index (κ2) is 6.24. The summed E-state index contributed by atoms with van der Waals surface area (Å²) in [7, 11) is 1.78. The van der Waals surface area contributed by atoms with Gasteiger partial charge in [0.2, 0.25) is 0 Å². The fourth-order valence-electron chi connectivity index (χ4n) is 2.95. The Hall–Kier alpha value is -1.63. The topological polar surface area (TPSA) is 64.2 Å². The van der Waals surface area contributed by atoms with Crippen molar-refractivity contribution in [2.24, 2.45) is 7.05 Å². The molecule has 1 atom stereocenters. The normalized spacial score (nSPS) is 18.1. The molecule has 0 saturated carbocycles. The SMILES string of the molecule is CCCc1cc([C@H]2CCCN2C(=O)c2c(Br)cnn2C)no1. The Morgan fingerprint density at radius 2 is 2.36 bits per heavy atom. The molecule has 0 unspecified atom stereocenters. The molecule has 0 spiro atoms. The smallest absolute Gasteiger partial charge is 0.273 e. The van der Waals surface area contributed by atoms with Gasteiger partial charge in [-0.2, -0.15) is 5.10 Å². The molecule has 0 N–H and O–H groups in total. The fraction of sp³-hybridized carbons (Fsp3) is 0.533. The zero-order valence-corrected chi connectivity index (χ0v) is 14.3. The Morgan fingerprint density at radius 3 is 3.05 bits per heavy atom. The van der Waals surface area contributed by atoms with Gasteiger partial charge in [-0.05, 0) is 35.2 Å². The Kier molecular flexibility index (Phi) is 4.33. The molecule has 2 aromatic heterocycles. The molecule has 6 nitrogen and oxygen atoms in total. The molecule has 1 amide bonds. The molecule has 1 saturated heterocycles. The van der Waals surface area contributed by atoms with Gasteiger partial charge in [-0.3, -0.25) is 9.48 Å². The maximum atomic E-state index is 12.8. The zero-order valence-electron chi connectivity index (χ0n) is 12.8. The van der Waals surface area contributed by atoms with Crippen molar-refractivity contribution in [1.82, 2.24) is 19.8 Å². The molecule has 0 aliphatic carbocycles. The van der Waals surface area contributed by atoms with Crippen molar-refractivity contribution in [3.8, 4) is 0 Å². The lowest BCUT2D eigenvalue weighted by molar-refractivity contribution is 0.0718. The molecule has 2 aromatic rings. The molecule has 7 heteroatoms. The van der Waals surface area contributed by atoms with E-state index in [0.29, 0.717) is 5.69 Å². The van der Waals surface area contributed by atoms with E-state index in [2.05, 4.69) is 33.1 Å². The summed E-state index contributed by atoms with van der Waals surface area (Å²) in [5, 5.41) is 8.30. The van der Waals surface area contributed by atoms with E-state index in [4.69, 9.17) is 4.52 Å². The van der Waals surface area contributed by atoms with Crippen LogP contribution in [0.2, 0.25) is 0 Å². The average Bonchev–Trinajstić information content (AvgIpc) is 3.19. The Bertz CT molecular complexity index is 659. The number of carbonyl (C=O) groups is 1. The summed E-state index contributed by atoms with van der Waals surface area (Å²) in [6.45, 7) is 2.84. The van der Waals surface area contributed by atoms with Crippen molar-refractivity contribution >= 4 is 21.8 Å². The first-order chi connectivity index (χ1) is 10.6. The number of hydrogen-bond acceptors (Lipinski definition) is 4. The van der Waals surface area contributed by atoms with Crippen LogP contribution in [0.1, 0.15) is 54.2 Å². The first-order valence-electron chi connectivity index (χ1n) is 7.55. The van der Waals surface area contributed by atoms with Gasteiger partial charge < -0.3 is 9.42 Å². The molecule has 0 aromatic carbocycles. The van der Waals surface area contributed by atoms with Crippen LogP contribution in [0.15, 0.2) is 21.3 Å². The van der Waals surface area contributed by atoms with Gasteiger partial charge in [0.05, 0.1) is 16.7 Å². The van der Waals surface area contributed by atoms with Crippen molar-refractivity contribution in [3.63, 3.8) is 0 Å². The Morgan fingerprint density at radius 1 is 1.55 bits per heavy atom. The number of rotatable bonds is 4. The number of carbonyl (C=O) groups excluding carboxylic acids is 1. The van der Waals surface area contributed by atoms with Gasteiger partial charge in [0.25, 0.3) is 5.91 Å². The van der Waals surface area contributed by atoms with E-state index in [-0.39, 0.29) is 11.9 Å². The third-order valence-corrected chi connectivity index (χ3v) is 4.61. The average molecular weight is 367 g/mol. The van der Waals surface area contributed by atoms with E-state index < -0.39 is 0 Å². The molecule has 3 rings (SSSR count). The lowest BCUT2D eigenvalue weighted by Gasteiger charge is -2.23. The van der Waals surface area contributed by atoms with Gasteiger partial charge in [-0.25, -0.2) is 0 Å². The van der Waals surface area contributed by atoms with E-state index in [1.54, 1.807) is 17.9 Å². The molecule has 0 bridgehead atoms. The minimum Gasteiger partial charge on any atom is -0.361 e. The van der Waals surface area contributed by atoms with Crippen LogP contribution in [0, 0.1) is 0 Å². The predicted octanol–water partition coefficient (Wildman–Crippen LogP) is 3.10. The van der Waals surface area contributed by atoms with Gasteiger partial charge in [0, 0.05) is 26.1 Å². The number of aromatic nitrogens is 3. The molecular formula is C15H19BrN4O2. The molecule has 3 heterocycles. The van der Waals surface area contributed by atoms with Crippen molar-refractivity contribution in [2.45, 2.75) is 38.6 Å². The van der Waals surface area contributed by atoms with Crippen LogP contribution in [0.5, 0.6) is 0 Å². The Balaban J connectivity index is 1.85. The zero-order chi connectivity index (χ0) is 15.7. The number of hydrogen-bond donors (Lipinski definition) is 0. The predicted molar refractivity (Wildman–Crippen MR) is 84.4 cm³/mol. The van der Waals surface area contributed by atoms with E-state index in [9.17, 15) is 4.79 Å². The number of nitrogens with zero attached hydrogens (tertiary/aromatic N) is 4. The molecule has 1 aliphatic rings. The number of likely N-dealkylation sites (tertiary alicyclic amines) is 1. The van der Waals surface area contributed by atoms with Gasteiger partial charge >= 0.3 is 0 Å². The lowest BCUT2D eigenvalue weighted by atomic mass is 10.1. The van der Waals surface area contributed by atoms with Crippen molar-refractivity contribution in [3.05, 3.63) is 33.9 Å². The quantitative estimate of drug-likeness (QED) is 0.833. The first kappa shape index (κ1) is 15.3. The minimum atomic E-state index is -0.0191. The summed E-state index contributed by atoms with van der Waals surface area (Å²) in [5.74, 6) is 0.868. The first-order valence-corrected chi connectivity index (χ1v) is 8.35. The summed E-state index contributed by atoms with van der Waals surface area (Å²) >= 11 is 3.40. The highest BCUT2D eigenvalue weighted by molar-refractivity contribution is 9.10. The van der Waals surface area contributed by atoms with Crippen LogP contribution >= 0.6 is 15.9 Å². The van der Waals surface area contributed by atoms with E-state index in [1.165, 1.54) is 0 Å². The standard InChI is InChI=1S/C15H19BrN4O2/c1-3-5-10-8-12(18-22-10)13-6-4-7-20(13)15(21)14-11(16)9-17-19(14)2/h8-9,13H,3-7H2,1-2H3/t13-/m1/s1. The largest absolute Gasteiger partial charge is 0.361 e. The number of aryl methyl sites for hydroxylation is 2. The van der Waals surface area contributed by atoms with Crippen LogP contribution in [0.3, 0.4) is 0 Å². The highest BCUT2D eigenvalue weighted by Gasteiger charge is 2.34. The van der Waals surface area contributed by atoms with Crippen LogP contribution in [0.25, 0.3) is 0 Å². The highest BCUT2D eigenvalue weighted by Crippen LogP contribution is 2.33. The van der Waals surface area contributed by atoms with E-state index >= 15 is 0 Å². The molecule has 1 aliphatic heterocycles.